The maximum absolute atomic E-state index is 14.0. The number of amides is 2. The molecule has 2 amide bonds. The second-order valence-corrected chi connectivity index (χ2v) is 9.66. The van der Waals surface area contributed by atoms with Gasteiger partial charge >= 0.3 is 5.97 Å². The SMILES string of the molecule is CCOC(=O)c1cc(N2C(=O)[C@@H]3C4c5ccccc5C(C)(c5ccccc54)[C@H]3C2=O)ccc1Cl. The number of benzene rings is 3. The first-order valence-corrected chi connectivity index (χ1v) is 11.8. The molecule has 34 heavy (non-hydrogen) atoms. The Morgan fingerprint density at radius 2 is 1.59 bits per heavy atom. The van der Waals surface area contributed by atoms with E-state index in [4.69, 9.17) is 16.3 Å². The molecule has 3 aromatic rings. The summed E-state index contributed by atoms with van der Waals surface area (Å²) >= 11 is 6.24. The highest BCUT2D eigenvalue weighted by molar-refractivity contribution is 6.34. The molecule has 2 atom stereocenters. The Morgan fingerprint density at radius 3 is 2.21 bits per heavy atom. The number of ether oxygens (including phenoxy) is 1. The van der Waals surface area contributed by atoms with Crippen LogP contribution in [0.3, 0.4) is 0 Å². The normalized spacial score (nSPS) is 26.2. The van der Waals surface area contributed by atoms with Crippen molar-refractivity contribution in [2.45, 2.75) is 25.2 Å². The number of hydrogen-bond acceptors (Lipinski definition) is 4. The number of imide groups is 1. The second kappa shape index (κ2) is 7.28. The Labute approximate surface area is 202 Å². The van der Waals surface area contributed by atoms with Crippen molar-refractivity contribution in [3.05, 3.63) is 99.6 Å². The van der Waals surface area contributed by atoms with Gasteiger partial charge in [-0.1, -0.05) is 67.1 Å². The molecule has 5 nitrogen and oxygen atoms in total. The fourth-order valence-corrected chi connectivity index (χ4v) is 6.62. The van der Waals surface area contributed by atoms with E-state index in [1.54, 1.807) is 13.0 Å². The summed E-state index contributed by atoms with van der Waals surface area (Å²) in [5, 5.41) is 0.213. The van der Waals surface area contributed by atoms with Crippen LogP contribution in [-0.2, 0) is 19.7 Å². The molecule has 2 bridgehead atoms. The van der Waals surface area contributed by atoms with E-state index in [1.807, 2.05) is 24.3 Å². The molecule has 3 aromatic carbocycles. The van der Waals surface area contributed by atoms with Crippen molar-refractivity contribution in [1.29, 1.82) is 0 Å². The minimum Gasteiger partial charge on any atom is -0.462 e. The summed E-state index contributed by atoms with van der Waals surface area (Å²) < 4.78 is 5.11. The predicted octanol–water partition coefficient (Wildman–Crippen LogP) is 5.09. The Hall–Kier alpha value is -3.44. The molecule has 0 unspecified atom stereocenters. The molecule has 0 saturated carbocycles. The van der Waals surface area contributed by atoms with Gasteiger partial charge < -0.3 is 4.74 Å². The van der Waals surface area contributed by atoms with Crippen LogP contribution in [0.15, 0.2) is 66.7 Å². The first-order chi connectivity index (χ1) is 16.4. The third-order valence-corrected chi connectivity index (χ3v) is 8.08. The molecular weight excluding hydrogens is 450 g/mol. The lowest BCUT2D eigenvalue weighted by Gasteiger charge is -2.52. The van der Waals surface area contributed by atoms with Crippen LogP contribution in [0.4, 0.5) is 5.69 Å². The predicted molar refractivity (Wildman–Crippen MR) is 128 cm³/mol. The number of carbonyl (C=O) groups is 3. The molecule has 0 aromatic heterocycles. The Bertz CT molecular complexity index is 1350. The van der Waals surface area contributed by atoms with Gasteiger partial charge in [0.1, 0.15) is 0 Å². The van der Waals surface area contributed by atoms with Gasteiger partial charge in [0.15, 0.2) is 0 Å². The Morgan fingerprint density at radius 1 is 0.971 bits per heavy atom. The van der Waals surface area contributed by atoms with Crippen molar-refractivity contribution in [2.75, 3.05) is 11.5 Å². The van der Waals surface area contributed by atoms with Crippen LogP contribution in [0.2, 0.25) is 5.02 Å². The lowest BCUT2D eigenvalue weighted by molar-refractivity contribution is -0.123. The van der Waals surface area contributed by atoms with E-state index < -0.39 is 23.2 Å². The highest BCUT2D eigenvalue weighted by atomic mass is 35.5. The molecule has 0 spiro atoms. The lowest BCUT2D eigenvalue weighted by atomic mass is 9.48. The molecule has 170 valence electrons. The fourth-order valence-electron chi connectivity index (χ4n) is 6.42. The lowest BCUT2D eigenvalue weighted by Crippen LogP contribution is -2.51. The molecule has 1 fully saturated rings. The van der Waals surface area contributed by atoms with Gasteiger partial charge in [0.2, 0.25) is 11.8 Å². The molecule has 0 radical (unpaired) electrons. The summed E-state index contributed by atoms with van der Waals surface area (Å²) in [6.07, 6.45) is 0. The van der Waals surface area contributed by atoms with Crippen molar-refractivity contribution in [3.63, 3.8) is 0 Å². The van der Waals surface area contributed by atoms with Crippen LogP contribution in [0, 0.1) is 11.8 Å². The third-order valence-electron chi connectivity index (χ3n) is 7.75. The summed E-state index contributed by atoms with van der Waals surface area (Å²) in [4.78, 5) is 41.6. The molecule has 1 heterocycles. The zero-order valence-electron chi connectivity index (χ0n) is 18.7. The van der Waals surface area contributed by atoms with Crippen molar-refractivity contribution in [2.24, 2.45) is 11.8 Å². The van der Waals surface area contributed by atoms with Gasteiger partial charge in [-0.05, 0) is 47.4 Å². The molecule has 4 aliphatic rings. The number of nitrogens with zero attached hydrogens (tertiary/aromatic N) is 1. The van der Waals surface area contributed by atoms with Gasteiger partial charge in [0.05, 0.1) is 34.7 Å². The summed E-state index contributed by atoms with van der Waals surface area (Å²) in [5.74, 6) is -2.31. The summed E-state index contributed by atoms with van der Waals surface area (Å²) in [6, 6.07) is 20.9. The molecule has 1 saturated heterocycles. The monoisotopic (exact) mass is 471 g/mol. The van der Waals surface area contributed by atoms with Crippen molar-refractivity contribution in [1.82, 2.24) is 0 Å². The van der Waals surface area contributed by atoms with E-state index in [0.717, 1.165) is 22.3 Å². The van der Waals surface area contributed by atoms with Gasteiger partial charge in [0.25, 0.3) is 0 Å². The number of esters is 1. The van der Waals surface area contributed by atoms with Crippen LogP contribution < -0.4 is 4.90 Å². The molecule has 3 aliphatic carbocycles. The second-order valence-electron chi connectivity index (χ2n) is 9.25. The standard InChI is InChI=1S/C28H22ClNO4/c1-3-34-27(33)18-14-15(12-13-21(18)29)30-25(31)23-22-16-8-4-6-10-19(16)28(2,24(23)26(30)32)20-11-7-5-9-17(20)22/h4-14,22-24H,3H2,1-2H3/t22?,23-,24-,28?/m1/s1. The van der Waals surface area contributed by atoms with Crippen LogP contribution in [0.5, 0.6) is 0 Å². The van der Waals surface area contributed by atoms with Crippen molar-refractivity contribution < 1.29 is 19.1 Å². The van der Waals surface area contributed by atoms with E-state index in [-0.39, 0.29) is 34.9 Å². The zero-order valence-corrected chi connectivity index (χ0v) is 19.5. The zero-order chi connectivity index (χ0) is 23.8. The minimum absolute atomic E-state index is 0.136. The number of anilines is 1. The molecule has 0 N–H and O–H groups in total. The highest BCUT2D eigenvalue weighted by Gasteiger charge is 2.66. The van der Waals surface area contributed by atoms with E-state index >= 15 is 0 Å². The van der Waals surface area contributed by atoms with Gasteiger partial charge in [-0.3, -0.25) is 9.59 Å². The van der Waals surface area contributed by atoms with E-state index in [1.165, 1.54) is 17.0 Å². The molecule has 7 rings (SSSR count). The molecular formula is C28H22ClNO4. The van der Waals surface area contributed by atoms with Crippen LogP contribution in [0.1, 0.15) is 52.4 Å². The van der Waals surface area contributed by atoms with Crippen molar-refractivity contribution in [3.8, 4) is 0 Å². The third kappa shape index (κ3) is 2.53. The first kappa shape index (κ1) is 21.1. The van der Waals surface area contributed by atoms with Gasteiger partial charge in [-0.2, -0.15) is 0 Å². The maximum Gasteiger partial charge on any atom is 0.339 e. The van der Waals surface area contributed by atoms with Gasteiger partial charge in [-0.15, -0.1) is 0 Å². The average Bonchev–Trinajstić information content (AvgIpc) is 3.11. The van der Waals surface area contributed by atoms with E-state index in [9.17, 15) is 14.4 Å². The number of carbonyl (C=O) groups excluding carboxylic acids is 3. The van der Waals surface area contributed by atoms with E-state index in [0.29, 0.717) is 5.69 Å². The molecule has 1 aliphatic heterocycles. The minimum atomic E-state index is -0.634. The molecule has 6 heteroatoms. The van der Waals surface area contributed by atoms with Gasteiger partial charge in [0, 0.05) is 11.3 Å². The first-order valence-electron chi connectivity index (χ1n) is 11.4. The smallest absolute Gasteiger partial charge is 0.339 e. The van der Waals surface area contributed by atoms with E-state index in [2.05, 4.69) is 31.2 Å². The Kier molecular flexibility index (Phi) is 4.52. The highest BCUT2D eigenvalue weighted by Crippen LogP contribution is 2.64. The van der Waals surface area contributed by atoms with Crippen LogP contribution >= 0.6 is 11.6 Å². The number of halogens is 1. The van der Waals surface area contributed by atoms with Crippen molar-refractivity contribution >= 4 is 35.1 Å². The quantitative estimate of drug-likeness (QED) is 0.394. The maximum atomic E-state index is 14.0. The average molecular weight is 472 g/mol. The largest absolute Gasteiger partial charge is 0.462 e. The summed E-state index contributed by atoms with van der Waals surface area (Å²) in [5.41, 5.74) is 4.26. The summed E-state index contributed by atoms with van der Waals surface area (Å²) in [7, 11) is 0. The summed E-state index contributed by atoms with van der Waals surface area (Å²) in [6.45, 7) is 3.99. The van der Waals surface area contributed by atoms with Crippen LogP contribution in [0.25, 0.3) is 0 Å². The number of rotatable bonds is 3. The van der Waals surface area contributed by atoms with Gasteiger partial charge in [-0.25, -0.2) is 9.69 Å². The Balaban J connectivity index is 1.52. The fraction of sp³-hybridized carbons (Fsp3) is 0.250. The number of hydrogen-bond donors (Lipinski definition) is 0. The van der Waals surface area contributed by atoms with Crippen LogP contribution in [-0.4, -0.2) is 24.4 Å². The topological polar surface area (TPSA) is 63.7 Å².